The number of hydrogen-bond donors (Lipinski definition) is 2. The first-order valence-electron chi connectivity index (χ1n) is 15.7. The van der Waals surface area contributed by atoms with Gasteiger partial charge in [0.05, 0.1) is 11.0 Å². The summed E-state index contributed by atoms with van der Waals surface area (Å²) in [6.07, 6.45) is 6.37. The standard InChI is InChI=1S/C35H41N5O3S/c1-25-5-6-28(23-39-17-13-26(21-36)14-18-39)19-31(25)29-9-12-33-32(20-29)35(15-3-4-16-35)24-40(33)34(41)38-22-27-7-10-30(11-8-27)44(42,43)37-2/h5-12,19-20,26,37H,3-4,13-18,22-24H2,1-2H3,(H,38,41). The van der Waals surface area contributed by atoms with Crippen LogP contribution in [0.1, 0.15) is 60.8 Å². The van der Waals surface area contributed by atoms with Gasteiger partial charge in [-0.1, -0.05) is 43.2 Å². The normalized spacial score (nSPS) is 18.3. The molecular formula is C35H41N5O3S. The smallest absolute Gasteiger partial charge is 0.322 e. The number of hydrogen-bond acceptors (Lipinski definition) is 5. The molecule has 2 amide bonds. The zero-order chi connectivity index (χ0) is 30.9. The predicted octanol–water partition coefficient (Wildman–Crippen LogP) is 5.85. The van der Waals surface area contributed by atoms with Crippen LogP contribution in [0.15, 0.2) is 65.6 Å². The quantitative estimate of drug-likeness (QED) is 0.349. The third-order valence-electron chi connectivity index (χ3n) is 9.86. The number of nitrogens with one attached hydrogen (secondary N) is 2. The number of carbonyl (C=O) groups is 1. The Bertz CT molecular complexity index is 1680. The van der Waals surface area contributed by atoms with Crippen molar-refractivity contribution in [1.82, 2.24) is 14.9 Å². The van der Waals surface area contributed by atoms with Crippen molar-refractivity contribution in [2.45, 2.75) is 68.8 Å². The Morgan fingerprint density at radius 1 is 1.00 bits per heavy atom. The van der Waals surface area contributed by atoms with E-state index >= 15 is 0 Å². The van der Waals surface area contributed by atoms with Crippen molar-refractivity contribution in [3.05, 3.63) is 82.9 Å². The maximum atomic E-state index is 13.6. The molecule has 1 aliphatic carbocycles. The molecule has 6 rings (SSSR count). The monoisotopic (exact) mass is 611 g/mol. The zero-order valence-corrected chi connectivity index (χ0v) is 26.4. The van der Waals surface area contributed by atoms with E-state index in [1.165, 1.54) is 34.9 Å². The number of likely N-dealkylation sites (tertiary alicyclic amines) is 1. The van der Waals surface area contributed by atoms with E-state index in [0.29, 0.717) is 13.1 Å². The first kappa shape index (κ1) is 30.3. The van der Waals surface area contributed by atoms with E-state index in [0.717, 1.165) is 69.4 Å². The number of amides is 2. The van der Waals surface area contributed by atoms with Gasteiger partial charge in [0.2, 0.25) is 10.0 Å². The van der Waals surface area contributed by atoms with E-state index in [1.54, 1.807) is 24.3 Å². The summed E-state index contributed by atoms with van der Waals surface area (Å²) >= 11 is 0. The largest absolute Gasteiger partial charge is 0.334 e. The molecule has 3 aromatic carbocycles. The molecular weight excluding hydrogens is 570 g/mol. The van der Waals surface area contributed by atoms with Gasteiger partial charge in [-0.25, -0.2) is 17.9 Å². The molecule has 2 fully saturated rings. The molecule has 2 aliphatic heterocycles. The SMILES string of the molecule is CNS(=O)(=O)c1ccc(CNC(=O)N2CC3(CCCC3)c3cc(-c4cc(CN5CCC(C#N)CC5)ccc4C)ccc32)cc1. The number of benzene rings is 3. The molecule has 0 bridgehead atoms. The lowest BCUT2D eigenvalue weighted by atomic mass is 9.79. The number of piperidine rings is 1. The first-order chi connectivity index (χ1) is 21.2. The number of urea groups is 1. The number of aryl methyl sites for hydroxylation is 1. The van der Waals surface area contributed by atoms with E-state index < -0.39 is 10.0 Å². The second-order valence-corrected chi connectivity index (χ2v) is 14.5. The molecule has 3 aromatic rings. The van der Waals surface area contributed by atoms with Gasteiger partial charge < -0.3 is 5.32 Å². The summed E-state index contributed by atoms with van der Waals surface area (Å²) in [5.41, 5.74) is 8.01. The molecule has 2 heterocycles. The van der Waals surface area contributed by atoms with Crippen LogP contribution in [0.2, 0.25) is 0 Å². The van der Waals surface area contributed by atoms with Gasteiger partial charge in [-0.15, -0.1) is 0 Å². The predicted molar refractivity (Wildman–Crippen MR) is 173 cm³/mol. The van der Waals surface area contributed by atoms with Gasteiger partial charge >= 0.3 is 6.03 Å². The molecule has 1 saturated carbocycles. The minimum Gasteiger partial charge on any atom is -0.334 e. The van der Waals surface area contributed by atoms with E-state index in [1.807, 2.05) is 4.90 Å². The number of fused-ring (bicyclic) bond motifs is 2. The van der Waals surface area contributed by atoms with Crippen LogP contribution in [0.3, 0.4) is 0 Å². The molecule has 1 spiro atoms. The fourth-order valence-corrected chi connectivity index (χ4v) is 7.96. The lowest BCUT2D eigenvalue weighted by molar-refractivity contribution is 0.198. The number of anilines is 1. The van der Waals surface area contributed by atoms with Crippen LogP contribution in [0.5, 0.6) is 0 Å². The number of nitrogens with zero attached hydrogens (tertiary/aromatic N) is 3. The molecule has 44 heavy (non-hydrogen) atoms. The summed E-state index contributed by atoms with van der Waals surface area (Å²) in [4.78, 5) is 18.1. The molecule has 8 nitrogen and oxygen atoms in total. The molecule has 3 aliphatic rings. The van der Waals surface area contributed by atoms with Crippen LogP contribution in [0.4, 0.5) is 10.5 Å². The van der Waals surface area contributed by atoms with Crippen molar-refractivity contribution in [2.75, 3.05) is 31.6 Å². The zero-order valence-electron chi connectivity index (χ0n) is 25.6. The fraction of sp³-hybridized carbons (Fsp3) is 0.429. The van der Waals surface area contributed by atoms with Crippen LogP contribution >= 0.6 is 0 Å². The second-order valence-electron chi connectivity index (χ2n) is 12.6. The van der Waals surface area contributed by atoms with Gasteiger partial charge in [0.25, 0.3) is 0 Å². The lowest BCUT2D eigenvalue weighted by Crippen LogP contribution is -2.41. The van der Waals surface area contributed by atoms with Crippen LogP contribution in [-0.2, 0) is 28.5 Å². The third kappa shape index (κ3) is 5.99. The minimum absolute atomic E-state index is 0.0254. The van der Waals surface area contributed by atoms with E-state index in [9.17, 15) is 18.5 Å². The van der Waals surface area contributed by atoms with Gasteiger partial charge in [0, 0.05) is 36.7 Å². The minimum atomic E-state index is -3.50. The molecule has 0 atom stereocenters. The van der Waals surface area contributed by atoms with Crippen molar-refractivity contribution in [1.29, 1.82) is 5.26 Å². The number of nitriles is 1. The number of carbonyl (C=O) groups excluding carboxylic acids is 1. The summed E-state index contributed by atoms with van der Waals surface area (Å²) in [6, 6.07) is 22.2. The Balaban J connectivity index is 1.21. The highest BCUT2D eigenvalue weighted by Gasteiger charge is 2.46. The molecule has 2 N–H and O–H groups in total. The van der Waals surface area contributed by atoms with Crippen molar-refractivity contribution in [3.63, 3.8) is 0 Å². The Kier molecular flexibility index (Phi) is 8.51. The van der Waals surface area contributed by atoms with Crippen molar-refractivity contribution >= 4 is 21.7 Å². The summed E-state index contributed by atoms with van der Waals surface area (Å²) in [5, 5.41) is 12.3. The van der Waals surface area contributed by atoms with Crippen molar-refractivity contribution in [3.8, 4) is 17.2 Å². The van der Waals surface area contributed by atoms with Gasteiger partial charge in [-0.05, 0) is 116 Å². The summed E-state index contributed by atoms with van der Waals surface area (Å²) in [7, 11) is -2.11. The molecule has 230 valence electrons. The molecule has 0 radical (unpaired) electrons. The fourth-order valence-electron chi connectivity index (χ4n) is 7.23. The van der Waals surface area contributed by atoms with E-state index in [-0.39, 0.29) is 22.3 Å². The molecule has 9 heteroatoms. The number of sulfonamides is 1. The Labute approximate surface area is 261 Å². The average Bonchev–Trinajstić information content (AvgIpc) is 3.66. The Morgan fingerprint density at radius 3 is 2.39 bits per heavy atom. The Hall–Kier alpha value is -3.71. The van der Waals surface area contributed by atoms with Crippen LogP contribution in [0.25, 0.3) is 11.1 Å². The van der Waals surface area contributed by atoms with Gasteiger partial charge in [0.15, 0.2) is 0 Å². The van der Waals surface area contributed by atoms with E-state index in [4.69, 9.17) is 0 Å². The second kappa shape index (κ2) is 12.4. The highest BCUT2D eigenvalue weighted by Crippen LogP contribution is 2.51. The third-order valence-corrected chi connectivity index (χ3v) is 11.3. The highest BCUT2D eigenvalue weighted by molar-refractivity contribution is 7.89. The van der Waals surface area contributed by atoms with Crippen LogP contribution in [-0.4, -0.2) is 46.0 Å². The lowest BCUT2D eigenvalue weighted by Gasteiger charge is -2.29. The maximum absolute atomic E-state index is 13.6. The van der Waals surface area contributed by atoms with E-state index in [2.05, 4.69) is 64.3 Å². The molecule has 1 saturated heterocycles. The van der Waals surface area contributed by atoms with Gasteiger partial charge in [-0.2, -0.15) is 5.26 Å². The topological polar surface area (TPSA) is 106 Å². The van der Waals surface area contributed by atoms with Crippen LogP contribution < -0.4 is 14.9 Å². The molecule has 0 aromatic heterocycles. The number of rotatable bonds is 7. The van der Waals surface area contributed by atoms with Crippen molar-refractivity contribution < 1.29 is 13.2 Å². The van der Waals surface area contributed by atoms with Crippen LogP contribution in [0, 0.1) is 24.2 Å². The summed E-state index contributed by atoms with van der Waals surface area (Å²) < 4.78 is 26.4. The Morgan fingerprint density at radius 2 is 1.70 bits per heavy atom. The summed E-state index contributed by atoms with van der Waals surface area (Å²) in [5.74, 6) is 0.187. The maximum Gasteiger partial charge on any atom is 0.322 e. The highest BCUT2D eigenvalue weighted by atomic mass is 32.2. The molecule has 0 unspecified atom stereocenters. The van der Waals surface area contributed by atoms with Crippen molar-refractivity contribution in [2.24, 2.45) is 5.92 Å². The summed E-state index contributed by atoms with van der Waals surface area (Å²) in [6.45, 7) is 5.97. The van der Waals surface area contributed by atoms with Gasteiger partial charge in [0.1, 0.15) is 0 Å². The average molecular weight is 612 g/mol. The van der Waals surface area contributed by atoms with Gasteiger partial charge in [-0.3, -0.25) is 9.80 Å². The first-order valence-corrected chi connectivity index (χ1v) is 17.1.